The summed E-state index contributed by atoms with van der Waals surface area (Å²) < 4.78 is 2.14. The molecule has 1 fully saturated rings. The van der Waals surface area contributed by atoms with Crippen molar-refractivity contribution in [2.45, 2.75) is 25.8 Å². The number of hydrogen-bond donors (Lipinski definition) is 1. The molecule has 8 heteroatoms. The molecule has 0 amide bonds. The van der Waals surface area contributed by atoms with E-state index in [2.05, 4.69) is 4.57 Å². The van der Waals surface area contributed by atoms with Crippen LogP contribution in [-0.4, -0.2) is 34.0 Å². The minimum absolute atomic E-state index is 0.00490. The molecule has 140 valence electrons. The third kappa shape index (κ3) is 3.23. The lowest BCUT2D eigenvalue weighted by Crippen LogP contribution is -3.13. The van der Waals surface area contributed by atoms with Gasteiger partial charge < -0.3 is 9.47 Å². The van der Waals surface area contributed by atoms with E-state index in [1.54, 1.807) is 17.0 Å². The Bertz CT molecular complexity index is 966. The molecular weight excluding hydrogens is 348 g/mol. The van der Waals surface area contributed by atoms with Crippen LogP contribution in [0.4, 0.5) is 11.4 Å². The lowest BCUT2D eigenvalue weighted by molar-refractivity contribution is -0.905. The fraction of sp³-hybridized carbons (Fsp3) is 0.368. The fourth-order valence-electron chi connectivity index (χ4n) is 4.12. The highest BCUT2D eigenvalue weighted by Crippen LogP contribution is 2.33. The summed E-state index contributed by atoms with van der Waals surface area (Å²) in [5, 5.41) is 23.7. The normalized spacial score (nSPS) is 15.4. The molecule has 1 aliphatic rings. The Hall–Kier alpha value is -3.00. The second-order valence-corrected chi connectivity index (χ2v) is 7.13. The van der Waals surface area contributed by atoms with Crippen LogP contribution in [0.15, 0.2) is 36.4 Å². The van der Waals surface area contributed by atoms with Crippen LogP contribution in [0.2, 0.25) is 0 Å². The summed E-state index contributed by atoms with van der Waals surface area (Å²) in [5.74, 6) is 0. The number of nitrogens with one attached hydrogen (secondary N) is 1. The van der Waals surface area contributed by atoms with Crippen LogP contribution < -0.4 is 4.90 Å². The maximum absolute atomic E-state index is 11.2. The predicted octanol–water partition coefficient (Wildman–Crippen LogP) is 2.68. The Kier molecular flexibility index (Phi) is 4.49. The van der Waals surface area contributed by atoms with Crippen molar-refractivity contribution in [2.24, 2.45) is 0 Å². The van der Waals surface area contributed by atoms with E-state index < -0.39 is 9.85 Å². The van der Waals surface area contributed by atoms with E-state index in [-0.39, 0.29) is 11.4 Å². The van der Waals surface area contributed by atoms with Crippen LogP contribution in [0, 0.1) is 20.2 Å². The van der Waals surface area contributed by atoms with Crippen molar-refractivity contribution in [1.82, 2.24) is 4.57 Å². The van der Waals surface area contributed by atoms with Gasteiger partial charge in [0.1, 0.15) is 0 Å². The van der Waals surface area contributed by atoms with Crippen molar-refractivity contribution in [1.29, 1.82) is 0 Å². The fourth-order valence-corrected chi connectivity index (χ4v) is 4.12. The highest BCUT2D eigenvalue weighted by Gasteiger charge is 2.19. The molecule has 0 aliphatic carbocycles. The average Bonchev–Trinajstić information content (AvgIpc) is 2.99. The van der Waals surface area contributed by atoms with Crippen LogP contribution in [0.5, 0.6) is 0 Å². The summed E-state index contributed by atoms with van der Waals surface area (Å²) in [6, 6.07) is 9.55. The molecule has 1 aliphatic heterocycles. The molecule has 0 bridgehead atoms. The first-order valence-corrected chi connectivity index (χ1v) is 9.23. The van der Waals surface area contributed by atoms with Gasteiger partial charge in [-0.1, -0.05) is 0 Å². The maximum atomic E-state index is 11.2. The molecule has 2 heterocycles. The largest absolute Gasteiger partial charge is 0.335 e. The van der Waals surface area contributed by atoms with Crippen LogP contribution in [0.1, 0.15) is 19.3 Å². The van der Waals surface area contributed by atoms with Crippen molar-refractivity contribution < 1.29 is 14.7 Å². The van der Waals surface area contributed by atoms with Gasteiger partial charge in [0.2, 0.25) is 0 Å². The topological polar surface area (TPSA) is 95.7 Å². The zero-order chi connectivity index (χ0) is 19.0. The van der Waals surface area contributed by atoms with Crippen molar-refractivity contribution >= 4 is 33.2 Å². The molecule has 1 N–H and O–H groups in total. The van der Waals surface area contributed by atoms with Gasteiger partial charge in [0.05, 0.1) is 36.0 Å². The smallest absolute Gasteiger partial charge is 0.270 e. The predicted molar refractivity (Wildman–Crippen MR) is 102 cm³/mol. The van der Waals surface area contributed by atoms with Gasteiger partial charge in [0.25, 0.3) is 11.4 Å². The molecule has 0 saturated carbocycles. The molecule has 1 saturated heterocycles. The summed E-state index contributed by atoms with van der Waals surface area (Å²) in [6.45, 7) is 4.11. The van der Waals surface area contributed by atoms with E-state index in [4.69, 9.17) is 0 Å². The summed E-state index contributed by atoms with van der Waals surface area (Å²) in [4.78, 5) is 23.1. The van der Waals surface area contributed by atoms with E-state index in [1.165, 1.54) is 56.6 Å². The number of nitro benzene ring substituents is 2. The number of aromatic nitrogens is 1. The molecule has 0 atom stereocenters. The van der Waals surface area contributed by atoms with Gasteiger partial charge in [-0.05, 0) is 31.4 Å². The molecule has 3 aromatic rings. The molecule has 4 rings (SSSR count). The van der Waals surface area contributed by atoms with Crippen LogP contribution in [0.3, 0.4) is 0 Å². The number of nitrogens with zero attached hydrogens (tertiary/aromatic N) is 3. The first-order valence-electron chi connectivity index (χ1n) is 9.23. The standard InChI is InChI=1S/C19H20N4O4/c24-22(25)14-4-6-18-16(12-14)17-13-15(23(26)27)5-7-19(17)21(18)11-10-20-8-2-1-3-9-20/h4-7,12-13H,1-3,8-11H2/p+1. The van der Waals surface area contributed by atoms with Gasteiger partial charge in [-0.25, -0.2) is 0 Å². The molecule has 2 aromatic carbocycles. The van der Waals surface area contributed by atoms with Crippen molar-refractivity contribution in [3.63, 3.8) is 0 Å². The van der Waals surface area contributed by atoms with Gasteiger partial charge in [0, 0.05) is 46.1 Å². The third-order valence-corrected chi connectivity index (χ3v) is 5.50. The van der Waals surface area contributed by atoms with Crippen molar-refractivity contribution in [2.75, 3.05) is 19.6 Å². The molecule has 0 unspecified atom stereocenters. The maximum Gasteiger partial charge on any atom is 0.270 e. The minimum Gasteiger partial charge on any atom is -0.335 e. The number of non-ortho nitro benzene ring substituents is 2. The SMILES string of the molecule is O=[N+]([O-])c1ccc2c(c1)c1cc([N+](=O)[O-])ccc1n2CC[NH+]1CCCCC1. The second-order valence-electron chi connectivity index (χ2n) is 7.13. The lowest BCUT2D eigenvalue weighted by atomic mass is 10.1. The molecular formula is C19H21N4O4+. The Morgan fingerprint density at radius 3 is 1.85 bits per heavy atom. The summed E-state index contributed by atoms with van der Waals surface area (Å²) in [7, 11) is 0. The second kappa shape index (κ2) is 6.96. The Morgan fingerprint density at radius 1 is 0.852 bits per heavy atom. The Balaban J connectivity index is 1.82. The van der Waals surface area contributed by atoms with Crippen LogP contribution in [0.25, 0.3) is 21.8 Å². The molecule has 27 heavy (non-hydrogen) atoms. The lowest BCUT2D eigenvalue weighted by Gasteiger charge is -2.24. The average molecular weight is 369 g/mol. The van der Waals surface area contributed by atoms with Gasteiger partial charge in [-0.15, -0.1) is 0 Å². The van der Waals surface area contributed by atoms with E-state index in [9.17, 15) is 20.2 Å². The minimum atomic E-state index is -0.433. The zero-order valence-electron chi connectivity index (χ0n) is 14.9. The highest BCUT2D eigenvalue weighted by atomic mass is 16.6. The van der Waals surface area contributed by atoms with Gasteiger partial charge in [0.15, 0.2) is 0 Å². The number of piperidine rings is 1. The van der Waals surface area contributed by atoms with Crippen molar-refractivity contribution in [3.8, 4) is 0 Å². The summed E-state index contributed by atoms with van der Waals surface area (Å²) in [5.41, 5.74) is 1.75. The number of hydrogen-bond acceptors (Lipinski definition) is 4. The van der Waals surface area contributed by atoms with Gasteiger partial charge in [-0.2, -0.15) is 0 Å². The summed E-state index contributed by atoms with van der Waals surface area (Å²) in [6.07, 6.45) is 3.80. The van der Waals surface area contributed by atoms with E-state index in [0.29, 0.717) is 10.8 Å². The van der Waals surface area contributed by atoms with Gasteiger partial charge in [-0.3, -0.25) is 20.2 Å². The van der Waals surface area contributed by atoms with E-state index in [1.807, 2.05) is 0 Å². The number of likely N-dealkylation sites (tertiary alicyclic amines) is 1. The van der Waals surface area contributed by atoms with Crippen LogP contribution >= 0.6 is 0 Å². The van der Waals surface area contributed by atoms with Gasteiger partial charge >= 0.3 is 0 Å². The number of fused-ring (bicyclic) bond motifs is 3. The van der Waals surface area contributed by atoms with Crippen LogP contribution in [-0.2, 0) is 6.54 Å². The zero-order valence-corrected chi connectivity index (χ0v) is 14.9. The van der Waals surface area contributed by atoms with E-state index >= 15 is 0 Å². The molecule has 0 radical (unpaired) electrons. The Labute approximate surface area is 155 Å². The monoisotopic (exact) mass is 369 g/mol. The highest BCUT2D eigenvalue weighted by molar-refractivity contribution is 6.09. The molecule has 1 aromatic heterocycles. The molecule has 8 nitrogen and oxygen atoms in total. The Morgan fingerprint density at radius 2 is 1.37 bits per heavy atom. The van der Waals surface area contributed by atoms with Crippen molar-refractivity contribution in [3.05, 3.63) is 56.6 Å². The first-order chi connectivity index (χ1) is 13.0. The number of nitro groups is 2. The number of rotatable bonds is 5. The first kappa shape index (κ1) is 17.4. The summed E-state index contributed by atoms with van der Waals surface area (Å²) >= 11 is 0. The third-order valence-electron chi connectivity index (χ3n) is 5.50. The quantitative estimate of drug-likeness (QED) is 0.552. The number of quaternary nitrogens is 1. The van der Waals surface area contributed by atoms with E-state index in [0.717, 1.165) is 24.1 Å². The number of benzene rings is 2. The molecule has 0 spiro atoms.